The molecule has 130 valence electrons. The minimum atomic E-state index is -0.485. The van der Waals surface area contributed by atoms with Gasteiger partial charge in [-0.05, 0) is 36.8 Å². The maximum Gasteiger partial charge on any atom is 0.255 e. The summed E-state index contributed by atoms with van der Waals surface area (Å²) in [6.07, 6.45) is 1.82. The molecule has 0 aliphatic heterocycles. The van der Waals surface area contributed by atoms with Crippen molar-refractivity contribution in [3.05, 3.63) is 59.5 Å². The van der Waals surface area contributed by atoms with Crippen LogP contribution in [0.1, 0.15) is 26.5 Å². The monoisotopic (exact) mass is 347 g/mol. The van der Waals surface area contributed by atoms with Crippen molar-refractivity contribution in [2.75, 3.05) is 7.05 Å². The minimum Gasteiger partial charge on any atom is -0.460 e. The highest BCUT2D eigenvalue weighted by Crippen LogP contribution is 2.38. The van der Waals surface area contributed by atoms with E-state index in [4.69, 9.17) is 10.2 Å². The van der Waals surface area contributed by atoms with Gasteiger partial charge in [0.05, 0.1) is 11.1 Å². The van der Waals surface area contributed by atoms with Gasteiger partial charge in [-0.25, -0.2) is 0 Å². The van der Waals surface area contributed by atoms with Crippen molar-refractivity contribution in [2.24, 2.45) is 5.73 Å². The van der Waals surface area contributed by atoms with Crippen LogP contribution in [0.5, 0.6) is 0 Å². The quantitative estimate of drug-likeness (QED) is 0.530. The predicted octanol–water partition coefficient (Wildman–Crippen LogP) is 3.35. The normalized spacial score (nSPS) is 11.2. The first-order chi connectivity index (χ1) is 12.5. The molecular weight excluding hydrogens is 330 g/mol. The summed E-state index contributed by atoms with van der Waals surface area (Å²) in [5.41, 5.74) is 9.58. The smallest absolute Gasteiger partial charge is 0.255 e. The Balaban J connectivity index is 2.08. The van der Waals surface area contributed by atoms with Crippen LogP contribution in [0, 0.1) is 6.92 Å². The third-order valence-corrected chi connectivity index (χ3v) is 4.58. The van der Waals surface area contributed by atoms with Crippen LogP contribution in [0.4, 0.5) is 0 Å². The van der Waals surface area contributed by atoms with Gasteiger partial charge in [-0.1, -0.05) is 12.1 Å². The zero-order valence-corrected chi connectivity index (χ0v) is 14.3. The molecule has 0 atom stereocenters. The molecule has 2 heterocycles. The van der Waals surface area contributed by atoms with E-state index in [1.807, 2.05) is 24.4 Å². The van der Waals surface area contributed by atoms with E-state index in [0.717, 1.165) is 27.4 Å². The molecule has 0 spiro atoms. The lowest BCUT2D eigenvalue weighted by atomic mass is 9.97. The third kappa shape index (κ3) is 2.27. The van der Waals surface area contributed by atoms with Crippen molar-refractivity contribution in [3.8, 4) is 11.1 Å². The van der Waals surface area contributed by atoms with Gasteiger partial charge in [0.15, 0.2) is 0 Å². The summed E-state index contributed by atoms with van der Waals surface area (Å²) < 4.78 is 5.89. The Hall–Kier alpha value is -3.54. The fourth-order valence-corrected chi connectivity index (χ4v) is 3.37. The van der Waals surface area contributed by atoms with Crippen molar-refractivity contribution < 1.29 is 14.0 Å². The molecule has 0 fully saturated rings. The Labute approximate surface area is 149 Å². The van der Waals surface area contributed by atoms with Gasteiger partial charge >= 0.3 is 0 Å². The average Bonchev–Trinajstić information content (AvgIpc) is 3.24. The lowest BCUT2D eigenvalue weighted by molar-refractivity contribution is 0.0961. The molecule has 0 aliphatic carbocycles. The third-order valence-electron chi connectivity index (χ3n) is 4.58. The van der Waals surface area contributed by atoms with Crippen LogP contribution in [0.25, 0.3) is 33.0 Å². The van der Waals surface area contributed by atoms with Gasteiger partial charge in [0.1, 0.15) is 11.3 Å². The standard InChI is InChI=1S/C20H17N3O3/c1-10-16(20(25)22-2)15-9-14(11-4-3-5-12(8-11)19(21)24)17-13(6-7-23-17)18(15)26-10/h3-9,23H,1-2H3,(H2,21,24)(H,22,25). The predicted molar refractivity (Wildman–Crippen MR) is 100 cm³/mol. The highest BCUT2D eigenvalue weighted by atomic mass is 16.3. The van der Waals surface area contributed by atoms with Crippen LogP contribution in [-0.2, 0) is 0 Å². The van der Waals surface area contributed by atoms with Gasteiger partial charge in [-0.15, -0.1) is 0 Å². The molecule has 4 N–H and O–H groups in total. The van der Waals surface area contributed by atoms with E-state index in [-0.39, 0.29) is 5.91 Å². The second kappa shape index (κ2) is 5.77. The molecule has 0 unspecified atom stereocenters. The van der Waals surface area contributed by atoms with Crippen molar-refractivity contribution in [1.82, 2.24) is 10.3 Å². The average molecular weight is 347 g/mol. The fraction of sp³-hybridized carbons (Fsp3) is 0.100. The molecule has 0 aliphatic rings. The van der Waals surface area contributed by atoms with Crippen LogP contribution < -0.4 is 11.1 Å². The van der Waals surface area contributed by atoms with E-state index in [2.05, 4.69) is 10.3 Å². The lowest BCUT2D eigenvalue weighted by Gasteiger charge is -2.07. The molecule has 0 radical (unpaired) electrons. The van der Waals surface area contributed by atoms with Crippen molar-refractivity contribution >= 4 is 33.7 Å². The van der Waals surface area contributed by atoms with E-state index in [0.29, 0.717) is 22.5 Å². The zero-order valence-electron chi connectivity index (χ0n) is 14.3. The van der Waals surface area contributed by atoms with Gasteiger partial charge in [-0.3, -0.25) is 9.59 Å². The van der Waals surface area contributed by atoms with Crippen LogP contribution in [-0.4, -0.2) is 23.8 Å². The second-order valence-corrected chi connectivity index (χ2v) is 6.12. The molecule has 4 rings (SSSR count). The summed E-state index contributed by atoms with van der Waals surface area (Å²) in [7, 11) is 1.59. The number of carbonyl (C=O) groups is 2. The largest absolute Gasteiger partial charge is 0.460 e. The zero-order chi connectivity index (χ0) is 18.4. The summed E-state index contributed by atoms with van der Waals surface area (Å²) >= 11 is 0. The minimum absolute atomic E-state index is 0.201. The molecule has 26 heavy (non-hydrogen) atoms. The Morgan fingerprint density at radius 3 is 2.69 bits per heavy atom. The molecule has 0 saturated heterocycles. The molecule has 0 saturated carbocycles. The number of carbonyl (C=O) groups excluding carboxylic acids is 2. The number of amides is 2. The summed E-state index contributed by atoms with van der Waals surface area (Å²) in [5.74, 6) is -0.126. The highest BCUT2D eigenvalue weighted by molar-refractivity contribution is 6.17. The number of fused-ring (bicyclic) bond motifs is 3. The number of aromatic amines is 1. The summed E-state index contributed by atoms with van der Waals surface area (Å²) in [6.45, 7) is 1.77. The Bertz CT molecular complexity index is 1180. The molecule has 6 nitrogen and oxygen atoms in total. The van der Waals surface area contributed by atoms with E-state index in [1.54, 1.807) is 32.2 Å². The first-order valence-corrected chi connectivity index (χ1v) is 8.16. The number of H-pyrrole nitrogens is 1. The SMILES string of the molecule is CNC(=O)c1c(C)oc2c1cc(-c1cccc(C(N)=O)c1)c1[nH]ccc12. The Kier molecular flexibility index (Phi) is 3.54. The molecule has 6 heteroatoms. The van der Waals surface area contributed by atoms with E-state index < -0.39 is 5.91 Å². The second-order valence-electron chi connectivity index (χ2n) is 6.12. The lowest BCUT2D eigenvalue weighted by Crippen LogP contribution is -2.18. The molecule has 2 aromatic heterocycles. The Morgan fingerprint density at radius 1 is 1.15 bits per heavy atom. The van der Waals surface area contributed by atoms with Gasteiger partial charge in [0.2, 0.25) is 5.91 Å². The van der Waals surface area contributed by atoms with Gasteiger partial charge in [-0.2, -0.15) is 0 Å². The first kappa shape index (κ1) is 16.0. The summed E-state index contributed by atoms with van der Waals surface area (Å²) in [6, 6.07) is 10.9. The van der Waals surface area contributed by atoms with Crippen LogP contribution in [0.15, 0.2) is 47.0 Å². The number of rotatable bonds is 3. The maximum absolute atomic E-state index is 12.3. The number of aryl methyl sites for hydroxylation is 1. The molecular formula is C20H17N3O3. The number of hydrogen-bond donors (Lipinski definition) is 3. The number of aromatic nitrogens is 1. The van der Waals surface area contributed by atoms with Crippen molar-refractivity contribution in [1.29, 1.82) is 0 Å². The Morgan fingerprint density at radius 2 is 1.96 bits per heavy atom. The van der Waals surface area contributed by atoms with Gasteiger partial charge < -0.3 is 20.5 Å². The van der Waals surface area contributed by atoms with E-state index in [9.17, 15) is 9.59 Å². The van der Waals surface area contributed by atoms with E-state index >= 15 is 0 Å². The van der Waals surface area contributed by atoms with Gasteiger partial charge in [0.25, 0.3) is 5.91 Å². The molecule has 4 aromatic rings. The summed E-state index contributed by atoms with van der Waals surface area (Å²) in [4.78, 5) is 27.1. The molecule has 2 amide bonds. The number of primary amides is 1. The van der Waals surface area contributed by atoms with Crippen molar-refractivity contribution in [3.63, 3.8) is 0 Å². The molecule has 2 aromatic carbocycles. The molecule has 0 bridgehead atoms. The van der Waals surface area contributed by atoms with Crippen LogP contribution in [0.3, 0.4) is 0 Å². The fourth-order valence-electron chi connectivity index (χ4n) is 3.37. The summed E-state index contributed by atoms with van der Waals surface area (Å²) in [5, 5.41) is 4.26. The topological polar surface area (TPSA) is 101 Å². The van der Waals surface area contributed by atoms with E-state index in [1.165, 1.54) is 0 Å². The highest BCUT2D eigenvalue weighted by Gasteiger charge is 2.21. The number of benzene rings is 2. The first-order valence-electron chi connectivity index (χ1n) is 8.16. The van der Waals surface area contributed by atoms with Crippen molar-refractivity contribution in [2.45, 2.75) is 6.92 Å². The number of furan rings is 1. The number of nitrogens with one attached hydrogen (secondary N) is 2. The number of hydrogen-bond acceptors (Lipinski definition) is 3. The van der Waals surface area contributed by atoms with Crippen LogP contribution in [0.2, 0.25) is 0 Å². The van der Waals surface area contributed by atoms with Crippen LogP contribution >= 0.6 is 0 Å². The maximum atomic E-state index is 12.3. The van der Waals surface area contributed by atoms with Gasteiger partial charge in [0, 0.05) is 35.1 Å². The number of nitrogens with two attached hydrogens (primary N) is 1.